The largest absolute Gasteiger partial charge is 0.453 e. The number of hydrogen-bond donors (Lipinski definition) is 4. The first kappa shape index (κ1) is 33.8. The van der Waals surface area contributed by atoms with Crippen molar-refractivity contribution in [2.45, 2.75) is 95.2 Å². The number of carbonyl (C=O) groups is 2. The fraction of sp³-hybridized carbons (Fsp3) is 0.442. The fourth-order valence-electron chi connectivity index (χ4n) is 9.65. The summed E-state index contributed by atoms with van der Waals surface area (Å²) < 4.78 is 4.85. The van der Waals surface area contributed by atoms with E-state index in [0.29, 0.717) is 24.4 Å². The summed E-state index contributed by atoms with van der Waals surface area (Å²) in [6, 6.07) is 19.7. The van der Waals surface area contributed by atoms with Crippen molar-refractivity contribution in [3.8, 4) is 33.5 Å². The number of aromatic amines is 2. The van der Waals surface area contributed by atoms with Gasteiger partial charge in [-0.15, -0.1) is 0 Å². The first-order valence-corrected chi connectivity index (χ1v) is 19.6. The van der Waals surface area contributed by atoms with E-state index in [9.17, 15) is 9.59 Å². The summed E-state index contributed by atoms with van der Waals surface area (Å²) >= 11 is 0. The first-order chi connectivity index (χ1) is 25.9. The lowest BCUT2D eigenvalue weighted by atomic mass is 9.81. The summed E-state index contributed by atoms with van der Waals surface area (Å²) in [4.78, 5) is 44.8. The van der Waals surface area contributed by atoms with Gasteiger partial charge in [0.05, 0.1) is 42.1 Å². The van der Waals surface area contributed by atoms with Gasteiger partial charge in [-0.25, -0.2) is 14.8 Å². The Bertz CT molecular complexity index is 2160. The van der Waals surface area contributed by atoms with Crippen LogP contribution in [0.4, 0.5) is 4.79 Å². The van der Waals surface area contributed by atoms with Gasteiger partial charge in [-0.1, -0.05) is 62.7 Å². The number of benzene rings is 3. The molecule has 4 heterocycles. The molecule has 4 aliphatic rings. The molecule has 9 rings (SSSR count). The number of likely N-dealkylation sites (tertiary alicyclic amines) is 1. The number of hydrogen-bond acceptors (Lipinski definition) is 6. The van der Waals surface area contributed by atoms with Crippen LogP contribution in [0.15, 0.2) is 60.8 Å². The average molecular weight is 712 g/mol. The van der Waals surface area contributed by atoms with E-state index < -0.39 is 12.1 Å². The number of nitrogens with zero attached hydrogens (tertiary/aromatic N) is 3. The Balaban J connectivity index is 0.996. The molecule has 2 aliphatic carbocycles. The number of alkyl carbamates (subject to hydrolysis) is 1. The molecule has 2 bridgehead atoms. The van der Waals surface area contributed by atoms with Gasteiger partial charge in [0, 0.05) is 6.54 Å². The van der Waals surface area contributed by atoms with Crippen molar-refractivity contribution in [2.75, 3.05) is 20.2 Å². The third-order valence-electron chi connectivity index (χ3n) is 12.6. The van der Waals surface area contributed by atoms with Gasteiger partial charge in [0.15, 0.2) is 0 Å². The third kappa shape index (κ3) is 6.01. The molecule has 6 unspecified atom stereocenters. The lowest BCUT2D eigenvalue weighted by Crippen LogP contribution is -2.51. The molecule has 274 valence electrons. The Morgan fingerprint density at radius 1 is 0.906 bits per heavy atom. The maximum atomic E-state index is 13.9. The van der Waals surface area contributed by atoms with Gasteiger partial charge < -0.3 is 30.2 Å². The lowest BCUT2D eigenvalue weighted by Gasteiger charge is -2.30. The summed E-state index contributed by atoms with van der Waals surface area (Å²) in [6.45, 7) is 5.71. The van der Waals surface area contributed by atoms with Gasteiger partial charge in [-0.2, -0.15) is 0 Å². The first-order valence-electron chi connectivity index (χ1n) is 19.6. The predicted molar refractivity (Wildman–Crippen MR) is 206 cm³/mol. The van der Waals surface area contributed by atoms with Crippen molar-refractivity contribution in [3.63, 3.8) is 0 Å². The second-order valence-corrected chi connectivity index (χ2v) is 15.6. The molecule has 2 amide bonds. The highest BCUT2D eigenvalue weighted by atomic mass is 16.5. The Morgan fingerprint density at radius 3 is 2.36 bits per heavy atom. The Kier molecular flexibility index (Phi) is 8.81. The number of H-pyrrole nitrogens is 2. The van der Waals surface area contributed by atoms with Crippen molar-refractivity contribution in [3.05, 3.63) is 83.6 Å². The van der Waals surface area contributed by atoms with Gasteiger partial charge in [0.1, 0.15) is 17.7 Å². The van der Waals surface area contributed by atoms with Crippen LogP contribution in [0.2, 0.25) is 0 Å². The zero-order chi connectivity index (χ0) is 36.2. The number of imidazole rings is 2. The second-order valence-electron chi connectivity index (χ2n) is 15.6. The molecule has 3 fully saturated rings. The van der Waals surface area contributed by atoms with Crippen molar-refractivity contribution in [1.29, 1.82) is 0 Å². The summed E-state index contributed by atoms with van der Waals surface area (Å²) in [5.41, 5.74) is 12.3. The minimum Gasteiger partial charge on any atom is -0.453 e. The lowest BCUT2D eigenvalue weighted by molar-refractivity contribution is -0.135. The van der Waals surface area contributed by atoms with E-state index in [-0.39, 0.29) is 17.9 Å². The van der Waals surface area contributed by atoms with Crippen LogP contribution in [0, 0.1) is 5.92 Å². The summed E-state index contributed by atoms with van der Waals surface area (Å²) in [6.07, 6.45) is 9.90. The zero-order valence-electron chi connectivity index (χ0n) is 30.9. The number of methoxy groups -OCH3 is 1. The molecule has 53 heavy (non-hydrogen) atoms. The zero-order valence-corrected chi connectivity index (χ0v) is 30.9. The molecule has 2 aromatic heterocycles. The molecule has 0 spiro atoms. The third-order valence-corrected chi connectivity index (χ3v) is 12.6. The maximum absolute atomic E-state index is 13.9. The second kappa shape index (κ2) is 13.8. The van der Waals surface area contributed by atoms with Crippen molar-refractivity contribution in [2.24, 2.45) is 5.92 Å². The highest BCUT2D eigenvalue weighted by Gasteiger charge is 2.41. The van der Waals surface area contributed by atoms with E-state index in [1.165, 1.54) is 66.2 Å². The SMILES string of the molecule is CCC(C)C(NC(=O)OC)C(=O)N1CCCC1c1nc2ccc(-c3ccc(-c4ccc(-c5cnc(C6CCCN6)[nH]5)cc4)c4c3C3CCC4C3)cc2[nH]1. The number of ether oxygens (including phenoxy) is 1. The fourth-order valence-corrected chi connectivity index (χ4v) is 9.65. The van der Waals surface area contributed by atoms with Crippen LogP contribution in [0.5, 0.6) is 0 Å². The molecule has 5 aromatic rings. The Hall–Kier alpha value is -4.96. The van der Waals surface area contributed by atoms with E-state index >= 15 is 0 Å². The number of aromatic nitrogens is 4. The van der Waals surface area contributed by atoms with Crippen LogP contribution < -0.4 is 10.6 Å². The van der Waals surface area contributed by atoms with Crippen LogP contribution in [-0.2, 0) is 9.53 Å². The van der Waals surface area contributed by atoms with Gasteiger partial charge in [0.25, 0.3) is 0 Å². The van der Waals surface area contributed by atoms with E-state index in [4.69, 9.17) is 9.72 Å². The van der Waals surface area contributed by atoms with Crippen molar-refractivity contribution < 1.29 is 14.3 Å². The highest BCUT2D eigenvalue weighted by Crippen LogP contribution is 2.58. The average Bonchev–Trinajstić information content (AvgIpc) is 4.05. The number of amides is 2. The minimum atomic E-state index is -0.647. The summed E-state index contributed by atoms with van der Waals surface area (Å²) in [5.74, 6) is 2.90. The molecule has 4 N–H and O–H groups in total. The van der Waals surface area contributed by atoms with Crippen LogP contribution in [-0.4, -0.2) is 63.1 Å². The van der Waals surface area contributed by atoms with Crippen LogP contribution in [0.3, 0.4) is 0 Å². The quantitative estimate of drug-likeness (QED) is 0.121. The summed E-state index contributed by atoms with van der Waals surface area (Å²) in [5, 5.41) is 6.33. The molecular weight excluding hydrogens is 663 g/mol. The van der Waals surface area contributed by atoms with Gasteiger partial charge in [-0.3, -0.25) is 4.79 Å². The number of fused-ring (bicyclic) bond motifs is 6. The van der Waals surface area contributed by atoms with Crippen LogP contribution in [0.1, 0.15) is 112 Å². The van der Waals surface area contributed by atoms with Crippen LogP contribution >= 0.6 is 0 Å². The molecule has 3 aromatic carbocycles. The molecule has 2 aliphatic heterocycles. The molecule has 6 atom stereocenters. The predicted octanol–water partition coefficient (Wildman–Crippen LogP) is 8.51. The molecule has 2 saturated heterocycles. The number of carbonyl (C=O) groups excluding carboxylic acids is 2. The number of rotatable bonds is 9. The van der Waals surface area contributed by atoms with E-state index in [1.54, 1.807) is 0 Å². The normalized spacial score (nSPS) is 23.0. The monoisotopic (exact) mass is 711 g/mol. The Labute approximate surface area is 310 Å². The number of nitrogens with one attached hydrogen (secondary N) is 4. The molecule has 10 nitrogen and oxygen atoms in total. The van der Waals surface area contributed by atoms with Crippen molar-refractivity contribution in [1.82, 2.24) is 35.5 Å². The Morgan fingerprint density at radius 2 is 1.64 bits per heavy atom. The molecule has 1 saturated carbocycles. The molecule has 0 radical (unpaired) electrons. The smallest absolute Gasteiger partial charge is 0.407 e. The van der Waals surface area contributed by atoms with E-state index in [2.05, 4.69) is 80.2 Å². The standard InChI is InChI=1S/C43H49N7O3/c1-4-24(2)39(49-43(52)53-3)42(51)50-20-6-8-36(50)41-46-32-18-15-27(22-34(32)47-41)31-17-16-30(37-28-13-14-29(21-28)38(31)37)25-9-11-26(12-10-25)35-23-45-40(48-35)33-7-5-19-44-33/h9-12,15-18,22-24,28-29,33,36,39,44H,4-8,13-14,19-21H2,1-3H3,(H,45,48)(H,46,47)(H,49,52). The van der Waals surface area contributed by atoms with Gasteiger partial charge in [0.2, 0.25) is 5.91 Å². The molecular formula is C43H49N7O3. The van der Waals surface area contributed by atoms with Gasteiger partial charge in [-0.05, 0) is 120 Å². The highest BCUT2D eigenvalue weighted by molar-refractivity contribution is 5.88. The summed E-state index contributed by atoms with van der Waals surface area (Å²) in [7, 11) is 1.33. The van der Waals surface area contributed by atoms with E-state index in [0.717, 1.165) is 66.2 Å². The minimum absolute atomic E-state index is 0.0294. The maximum Gasteiger partial charge on any atom is 0.407 e. The topological polar surface area (TPSA) is 128 Å². The molecule has 10 heteroatoms. The van der Waals surface area contributed by atoms with Crippen LogP contribution in [0.25, 0.3) is 44.5 Å². The van der Waals surface area contributed by atoms with Crippen molar-refractivity contribution >= 4 is 23.0 Å². The van der Waals surface area contributed by atoms with Gasteiger partial charge >= 0.3 is 6.09 Å². The van der Waals surface area contributed by atoms with E-state index in [1.807, 2.05) is 24.9 Å².